The van der Waals surface area contributed by atoms with Gasteiger partial charge in [-0.25, -0.2) is 0 Å². The van der Waals surface area contributed by atoms with Crippen molar-refractivity contribution >= 4 is 29.5 Å². The highest BCUT2D eigenvalue weighted by molar-refractivity contribution is 6.44. The third-order valence-corrected chi connectivity index (χ3v) is 1.18. The molecule has 0 spiro atoms. The largest absolute Gasteiger partial charge is 0.303 e. The Kier molecular flexibility index (Phi) is 5.56. The lowest BCUT2D eigenvalue weighted by Gasteiger charge is -1.93. The summed E-state index contributed by atoms with van der Waals surface area (Å²) in [6.07, 6.45) is 2.94. The van der Waals surface area contributed by atoms with Gasteiger partial charge in [0.25, 0.3) is 0 Å². The van der Waals surface area contributed by atoms with Crippen molar-refractivity contribution < 1.29 is 4.79 Å². The Labute approximate surface area is 59.0 Å². The molecule has 0 aromatic rings. The summed E-state index contributed by atoms with van der Waals surface area (Å²) in [7, 11) is 0. The van der Waals surface area contributed by atoms with Crippen LogP contribution in [0.15, 0.2) is 0 Å². The molecule has 0 rings (SSSR count). The van der Waals surface area contributed by atoms with E-state index in [4.69, 9.17) is 23.2 Å². The molecule has 0 heterocycles. The highest BCUT2D eigenvalue weighted by Crippen LogP contribution is 2.09. The summed E-state index contributed by atoms with van der Waals surface area (Å²) in [6.45, 7) is 0. The molecular formula is C5H8Cl2O. The second-order valence-corrected chi connectivity index (χ2v) is 2.77. The van der Waals surface area contributed by atoms with Gasteiger partial charge in [0.1, 0.15) is 11.1 Å². The number of rotatable bonds is 4. The molecule has 0 atom stereocenters. The number of halogens is 2. The Morgan fingerprint density at radius 1 is 1.50 bits per heavy atom. The summed E-state index contributed by atoms with van der Waals surface area (Å²) >= 11 is 10.7. The van der Waals surface area contributed by atoms with Crippen LogP contribution in [0.25, 0.3) is 0 Å². The summed E-state index contributed by atoms with van der Waals surface area (Å²) in [6, 6.07) is 0. The van der Waals surface area contributed by atoms with Gasteiger partial charge in [-0.15, -0.1) is 23.2 Å². The van der Waals surface area contributed by atoms with Gasteiger partial charge in [0.2, 0.25) is 0 Å². The molecule has 0 amide bonds. The Hall–Kier alpha value is 0.250. The molecule has 0 aromatic heterocycles. The van der Waals surface area contributed by atoms with Crippen LogP contribution in [-0.4, -0.2) is 11.1 Å². The van der Waals surface area contributed by atoms with Crippen LogP contribution in [0.1, 0.15) is 19.3 Å². The minimum absolute atomic E-state index is 0.310. The van der Waals surface area contributed by atoms with Crippen LogP contribution in [0, 0.1) is 0 Å². The molecule has 0 saturated heterocycles. The van der Waals surface area contributed by atoms with Crippen LogP contribution >= 0.6 is 23.2 Å². The fourth-order valence-electron chi connectivity index (χ4n) is 0.355. The van der Waals surface area contributed by atoms with E-state index in [1.54, 1.807) is 0 Å². The molecule has 3 heteroatoms. The third-order valence-electron chi connectivity index (χ3n) is 0.744. The first-order valence-corrected chi connectivity index (χ1v) is 3.36. The van der Waals surface area contributed by atoms with E-state index < -0.39 is 0 Å². The predicted octanol–water partition coefficient (Wildman–Crippen LogP) is 2.16. The maximum Gasteiger partial charge on any atom is 0.119 e. The van der Waals surface area contributed by atoms with Crippen LogP contribution in [-0.2, 0) is 4.79 Å². The van der Waals surface area contributed by atoms with Crippen molar-refractivity contribution in [3.05, 3.63) is 0 Å². The smallest absolute Gasteiger partial charge is 0.119 e. The van der Waals surface area contributed by atoms with Crippen molar-refractivity contribution in [3.63, 3.8) is 0 Å². The lowest BCUT2D eigenvalue weighted by Crippen LogP contribution is -1.86. The van der Waals surface area contributed by atoms with Gasteiger partial charge in [0.15, 0.2) is 0 Å². The van der Waals surface area contributed by atoms with Gasteiger partial charge in [0.05, 0.1) is 0 Å². The molecule has 0 saturated carbocycles. The molecule has 0 N–H and O–H groups in total. The highest BCUT2D eigenvalue weighted by atomic mass is 35.5. The Morgan fingerprint density at radius 2 is 2.12 bits per heavy atom. The monoisotopic (exact) mass is 154 g/mol. The van der Waals surface area contributed by atoms with E-state index in [9.17, 15) is 4.79 Å². The number of unbranched alkanes of at least 4 members (excludes halogenated alkanes) is 1. The van der Waals surface area contributed by atoms with Crippen molar-refractivity contribution in [1.29, 1.82) is 0 Å². The zero-order valence-electron chi connectivity index (χ0n) is 4.44. The van der Waals surface area contributed by atoms with E-state index in [-0.39, 0.29) is 4.84 Å². The van der Waals surface area contributed by atoms with Crippen molar-refractivity contribution in [2.24, 2.45) is 0 Å². The fourth-order valence-corrected chi connectivity index (χ4v) is 0.664. The first kappa shape index (κ1) is 8.25. The molecule has 0 radical (unpaired) electrons. The van der Waals surface area contributed by atoms with Crippen LogP contribution in [0.4, 0.5) is 0 Å². The van der Waals surface area contributed by atoms with Gasteiger partial charge < -0.3 is 4.79 Å². The molecule has 0 bridgehead atoms. The zero-order valence-corrected chi connectivity index (χ0v) is 5.95. The molecular weight excluding hydrogens is 147 g/mol. The van der Waals surface area contributed by atoms with Crippen LogP contribution < -0.4 is 0 Å². The normalized spacial score (nSPS) is 9.88. The summed E-state index contributed by atoms with van der Waals surface area (Å²) in [5.41, 5.74) is 0. The average molecular weight is 155 g/mol. The maximum absolute atomic E-state index is 9.70. The molecule has 0 aliphatic carbocycles. The highest BCUT2D eigenvalue weighted by Gasteiger charge is 1.95. The molecule has 1 nitrogen and oxygen atoms in total. The van der Waals surface area contributed by atoms with Crippen molar-refractivity contribution in [2.75, 3.05) is 0 Å². The van der Waals surface area contributed by atoms with Crippen LogP contribution in [0.3, 0.4) is 0 Å². The van der Waals surface area contributed by atoms with Gasteiger partial charge in [-0.2, -0.15) is 0 Å². The standard InChI is InChI=1S/C5H8Cl2O/c6-5(7)3-1-2-4-8/h4-5H,1-3H2. The minimum atomic E-state index is -0.310. The van der Waals surface area contributed by atoms with E-state index in [0.29, 0.717) is 12.8 Å². The molecule has 8 heavy (non-hydrogen) atoms. The first-order chi connectivity index (χ1) is 3.77. The van der Waals surface area contributed by atoms with Gasteiger partial charge >= 0.3 is 0 Å². The van der Waals surface area contributed by atoms with Crippen molar-refractivity contribution in [3.8, 4) is 0 Å². The van der Waals surface area contributed by atoms with Crippen LogP contribution in [0.2, 0.25) is 0 Å². The second-order valence-electron chi connectivity index (χ2n) is 1.49. The van der Waals surface area contributed by atoms with Gasteiger partial charge in [0, 0.05) is 6.42 Å². The summed E-state index contributed by atoms with van der Waals surface area (Å²) in [4.78, 5) is 9.39. The van der Waals surface area contributed by atoms with Gasteiger partial charge in [-0.3, -0.25) is 0 Å². The summed E-state index contributed by atoms with van der Waals surface area (Å²) in [5, 5.41) is 0. The maximum atomic E-state index is 9.70. The second kappa shape index (κ2) is 5.39. The SMILES string of the molecule is O=CCCCC(Cl)Cl. The number of carbonyl (C=O) groups excluding carboxylic acids is 1. The van der Waals surface area contributed by atoms with Crippen molar-refractivity contribution in [1.82, 2.24) is 0 Å². The number of carbonyl (C=O) groups is 1. The minimum Gasteiger partial charge on any atom is -0.303 e. The van der Waals surface area contributed by atoms with E-state index in [0.717, 1.165) is 12.7 Å². The number of hydrogen-bond acceptors (Lipinski definition) is 1. The first-order valence-electron chi connectivity index (χ1n) is 2.49. The number of alkyl halides is 2. The number of hydrogen-bond donors (Lipinski definition) is 0. The lowest BCUT2D eigenvalue weighted by molar-refractivity contribution is -0.107. The Bertz CT molecular complexity index is 63.4. The fraction of sp³-hybridized carbons (Fsp3) is 0.800. The lowest BCUT2D eigenvalue weighted by atomic mass is 10.3. The van der Waals surface area contributed by atoms with E-state index >= 15 is 0 Å². The molecule has 0 aliphatic rings. The molecule has 0 aliphatic heterocycles. The van der Waals surface area contributed by atoms with E-state index in [1.165, 1.54) is 0 Å². The average Bonchev–Trinajstić information content (AvgIpc) is 1.66. The van der Waals surface area contributed by atoms with Crippen LogP contribution in [0.5, 0.6) is 0 Å². The molecule has 48 valence electrons. The van der Waals surface area contributed by atoms with Gasteiger partial charge in [-0.1, -0.05) is 0 Å². The summed E-state index contributed by atoms with van der Waals surface area (Å²) < 4.78 is 0. The quantitative estimate of drug-likeness (QED) is 0.345. The topological polar surface area (TPSA) is 17.1 Å². The third kappa shape index (κ3) is 6.25. The predicted molar refractivity (Wildman–Crippen MR) is 35.4 cm³/mol. The van der Waals surface area contributed by atoms with E-state index in [2.05, 4.69) is 0 Å². The summed E-state index contributed by atoms with van der Waals surface area (Å²) in [5.74, 6) is 0. The van der Waals surface area contributed by atoms with Gasteiger partial charge in [-0.05, 0) is 12.8 Å². The zero-order chi connectivity index (χ0) is 6.41. The van der Waals surface area contributed by atoms with E-state index in [1.807, 2.05) is 0 Å². The Morgan fingerprint density at radius 3 is 2.50 bits per heavy atom. The molecule has 0 unspecified atom stereocenters. The Balaban J connectivity index is 2.81. The van der Waals surface area contributed by atoms with Crippen molar-refractivity contribution in [2.45, 2.75) is 24.1 Å². The number of aldehydes is 1. The molecule has 0 fully saturated rings. The molecule has 0 aromatic carbocycles.